The third-order valence-corrected chi connectivity index (χ3v) is 0.490. The number of halogens is 1. The number of nitrogens with one attached hydrogen (secondary N) is 2. The first-order valence-corrected chi connectivity index (χ1v) is 3.76. The number of hydrogen-bond donors (Lipinski definition) is 6. The monoisotopic (exact) mass is 243 g/mol. The average molecular weight is 244 g/mol. The first-order valence-electron chi connectivity index (χ1n) is 3.39. The minimum atomic E-state index is -1.22. The summed E-state index contributed by atoms with van der Waals surface area (Å²) in [6.45, 7) is 2.04. The molecule has 0 unspecified atom stereocenters. The minimum absolute atomic E-state index is 0.333. The molecular weight excluding hydrogens is 230 g/mol. The molecule has 0 aromatic carbocycles. The Bertz CT molecular complexity index is 196. The van der Waals surface area contributed by atoms with Crippen molar-refractivity contribution in [3.05, 3.63) is 0 Å². The Hall–Kier alpha value is -1.74. The van der Waals surface area contributed by atoms with Gasteiger partial charge in [0.2, 0.25) is 0 Å². The molecule has 10 heteroatoms. The van der Waals surface area contributed by atoms with E-state index in [1.807, 2.05) is 0 Å². The van der Waals surface area contributed by atoms with Gasteiger partial charge >= 0.3 is 11.5 Å². The van der Waals surface area contributed by atoms with Gasteiger partial charge in [0.05, 0.1) is 6.61 Å². The number of ether oxygens (including phenoxy) is 1. The molecule has 90 valence electrons. The highest BCUT2D eigenvalue weighted by Crippen LogP contribution is 1.82. The van der Waals surface area contributed by atoms with Crippen LogP contribution in [-0.2, 0) is 4.74 Å². The Labute approximate surface area is 91.0 Å². The number of carboxylic acid groups (broad SMARTS) is 1. The van der Waals surface area contributed by atoms with Crippen LogP contribution < -0.4 is 22.7 Å². The van der Waals surface area contributed by atoms with Crippen molar-refractivity contribution in [2.45, 2.75) is 6.92 Å². The number of hydrazine groups is 1. The molecule has 0 aliphatic rings. The van der Waals surface area contributed by atoms with E-state index in [1.54, 1.807) is 6.92 Å². The van der Waals surface area contributed by atoms with E-state index in [2.05, 4.69) is 22.0 Å². The molecule has 0 bridgehead atoms. The summed E-state index contributed by atoms with van der Waals surface area (Å²) in [6.07, 6.45) is -1.22. The van der Waals surface area contributed by atoms with E-state index >= 15 is 0 Å². The van der Waals surface area contributed by atoms with Crippen LogP contribution in [0.15, 0.2) is 0 Å². The summed E-state index contributed by atoms with van der Waals surface area (Å²) in [5.74, 6) is 3.99. The molecule has 9 N–H and O–H groups in total. The molecule has 0 saturated carbocycles. The molecule has 0 aromatic heterocycles. The molecule has 0 spiro atoms. The summed E-state index contributed by atoms with van der Waals surface area (Å²) in [5, 5.41) is 13.5. The van der Waals surface area contributed by atoms with Crippen molar-refractivity contribution >= 4 is 29.1 Å². The maximum absolute atomic E-state index is 9.59. The molecule has 0 rings (SSSR count). The second kappa shape index (κ2) is 14.8. The van der Waals surface area contributed by atoms with Crippen LogP contribution in [0.3, 0.4) is 0 Å². The second-order valence-electron chi connectivity index (χ2n) is 1.58. The lowest BCUT2D eigenvalue weighted by Gasteiger charge is -1.86. The Morgan fingerprint density at radius 2 is 1.80 bits per heavy atom. The fourth-order valence-electron chi connectivity index (χ4n) is 0.113. The fraction of sp³-hybridized carbons (Fsp3) is 0.400. The van der Waals surface area contributed by atoms with Gasteiger partial charge in [0, 0.05) is 11.6 Å². The van der Waals surface area contributed by atoms with E-state index < -0.39 is 11.5 Å². The van der Waals surface area contributed by atoms with Gasteiger partial charge in [0.15, 0.2) is 5.96 Å². The van der Waals surface area contributed by atoms with Crippen LogP contribution in [0, 0.1) is 5.41 Å². The third-order valence-electron chi connectivity index (χ3n) is 0.381. The van der Waals surface area contributed by atoms with Gasteiger partial charge in [-0.2, -0.15) is 0 Å². The number of carbonyl (C=O) groups excluding carboxylic acids is 1. The molecule has 0 heterocycles. The Morgan fingerprint density at radius 3 is 1.80 bits per heavy atom. The highest BCUT2D eigenvalue weighted by Gasteiger charge is 1.86. The maximum atomic E-state index is 9.59. The van der Waals surface area contributed by atoms with Crippen molar-refractivity contribution < 1.29 is 19.4 Å². The summed E-state index contributed by atoms with van der Waals surface area (Å²) >= 11 is 4.72. The molecule has 1 amide bonds. The lowest BCUT2D eigenvalue weighted by atomic mass is 10.9. The first kappa shape index (κ1) is 18.9. The van der Waals surface area contributed by atoms with Gasteiger partial charge in [-0.15, -0.1) is 0 Å². The zero-order valence-electron chi connectivity index (χ0n) is 7.99. The van der Waals surface area contributed by atoms with Crippen LogP contribution in [-0.4, -0.2) is 29.2 Å². The zero-order valence-corrected chi connectivity index (χ0v) is 8.75. The van der Waals surface area contributed by atoms with Crippen LogP contribution in [0.5, 0.6) is 0 Å². The van der Waals surface area contributed by atoms with Gasteiger partial charge in [-0.25, -0.2) is 15.4 Å². The van der Waals surface area contributed by atoms with E-state index in [0.29, 0.717) is 6.61 Å². The summed E-state index contributed by atoms with van der Waals surface area (Å²) in [6, 6.07) is 0. The van der Waals surface area contributed by atoms with Crippen molar-refractivity contribution in [2.75, 3.05) is 6.61 Å². The molecule has 0 atom stereocenters. The van der Waals surface area contributed by atoms with Gasteiger partial charge in [-0.05, 0) is 6.92 Å². The number of nitrogens with two attached hydrogens (primary N) is 3. The second-order valence-corrected chi connectivity index (χ2v) is 1.88. The SMILES string of the molecule is CCOC(=O)Cl.N=C(N)N.NNC(=O)O. The fourth-order valence-corrected chi connectivity index (χ4v) is 0.223. The Morgan fingerprint density at radius 1 is 1.53 bits per heavy atom. The lowest BCUT2D eigenvalue weighted by molar-refractivity contribution is 0.180. The average Bonchev–Trinajstić information content (AvgIpc) is 2.03. The van der Waals surface area contributed by atoms with Gasteiger partial charge in [-0.1, -0.05) is 0 Å². The number of guanidine groups is 1. The smallest absolute Gasteiger partial charge is 0.418 e. The topological polar surface area (TPSA) is 178 Å². The Kier molecular flexibility index (Phi) is 18.6. The van der Waals surface area contributed by atoms with E-state index in [4.69, 9.17) is 26.9 Å². The van der Waals surface area contributed by atoms with E-state index in [1.165, 1.54) is 5.43 Å². The molecule has 15 heavy (non-hydrogen) atoms. The van der Waals surface area contributed by atoms with E-state index in [0.717, 1.165) is 0 Å². The van der Waals surface area contributed by atoms with Crippen molar-refractivity contribution in [3.8, 4) is 0 Å². The number of amides is 1. The lowest BCUT2D eigenvalue weighted by Crippen LogP contribution is -2.27. The minimum Gasteiger partial charge on any atom is -0.464 e. The first-order chi connectivity index (χ1) is 6.77. The van der Waals surface area contributed by atoms with Crippen LogP contribution in [0.4, 0.5) is 9.59 Å². The van der Waals surface area contributed by atoms with Gasteiger partial charge < -0.3 is 21.3 Å². The van der Waals surface area contributed by atoms with Gasteiger partial charge in [-0.3, -0.25) is 10.8 Å². The van der Waals surface area contributed by atoms with Crippen LogP contribution in [0.25, 0.3) is 0 Å². The van der Waals surface area contributed by atoms with Crippen molar-refractivity contribution in [1.29, 1.82) is 5.41 Å². The standard InChI is InChI=1S/C3H5ClO2.CH5N3.CH4N2O2/c1-2-6-3(4)5;2-1(3)4;2-3-1(4)5/h2H2,1H3;(H5,2,3,4);3H,2H2,(H,4,5). The zero-order chi connectivity index (χ0) is 12.9. The number of hydrogen-bond acceptors (Lipinski definition) is 5. The van der Waals surface area contributed by atoms with Crippen molar-refractivity contribution in [1.82, 2.24) is 5.43 Å². The van der Waals surface area contributed by atoms with Crippen molar-refractivity contribution in [3.63, 3.8) is 0 Å². The maximum Gasteiger partial charge on any atom is 0.418 e. The quantitative estimate of drug-likeness (QED) is 0.0884. The molecule has 0 radical (unpaired) electrons. The third kappa shape index (κ3) is 121. The normalized spacial score (nSPS) is 6.87. The highest BCUT2D eigenvalue weighted by molar-refractivity contribution is 6.61. The number of rotatable bonds is 1. The predicted octanol–water partition coefficient (Wildman–Crippen LogP) is -0.652. The molecule has 0 saturated heterocycles. The summed E-state index contributed by atoms with van der Waals surface area (Å²) in [4.78, 5) is 18.7. The highest BCUT2D eigenvalue weighted by atomic mass is 35.5. The van der Waals surface area contributed by atoms with Crippen LogP contribution in [0.2, 0.25) is 0 Å². The van der Waals surface area contributed by atoms with Gasteiger partial charge in [0.25, 0.3) is 0 Å². The van der Waals surface area contributed by atoms with Crippen molar-refractivity contribution in [2.24, 2.45) is 17.3 Å². The molecule has 0 aromatic rings. The largest absolute Gasteiger partial charge is 0.464 e. The Balaban J connectivity index is -0.000000147. The van der Waals surface area contributed by atoms with E-state index in [9.17, 15) is 4.79 Å². The summed E-state index contributed by atoms with van der Waals surface area (Å²) in [7, 11) is 0. The number of carbonyl (C=O) groups is 2. The molecular formula is C5H14ClN5O4. The van der Waals surface area contributed by atoms with Gasteiger partial charge in [0.1, 0.15) is 0 Å². The molecule has 0 aliphatic heterocycles. The predicted molar refractivity (Wildman–Crippen MR) is 54.3 cm³/mol. The van der Waals surface area contributed by atoms with E-state index in [-0.39, 0.29) is 5.96 Å². The summed E-state index contributed by atoms with van der Waals surface area (Å²) < 4.78 is 4.17. The molecule has 0 fully saturated rings. The molecule has 9 nitrogen and oxygen atoms in total. The molecule has 0 aliphatic carbocycles. The van der Waals surface area contributed by atoms with Crippen LogP contribution >= 0.6 is 11.6 Å². The van der Waals surface area contributed by atoms with Crippen LogP contribution in [0.1, 0.15) is 6.92 Å². The summed E-state index contributed by atoms with van der Waals surface area (Å²) in [5.41, 5.74) is 9.65.